The highest BCUT2D eigenvalue weighted by Crippen LogP contribution is 2.27. The summed E-state index contributed by atoms with van der Waals surface area (Å²) < 4.78 is 0. The Morgan fingerprint density at radius 2 is 1.83 bits per heavy atom. The Morgan fingerprint density at radius 3 is 2.33 bits per heavy atom. The lowest BCUT2D eigenvalue weighted by Gasteiger charge is -2.28. The van der Waals surface area contributed by atoms with E-state index in [1.807, 2.05) is 13.8 Å². The molecular weight excluding hydrogens is 222 g/mol. The van der Waals surface area contributed by atoms with E-state index in [1.54, 1.807) is 0 Å². The van der Waals surface area contributed by atoms with E-state index in [2.05, 4.69) is 49.0 Å². The highest BCUT2D eigenvalue weighted by Gasteiger charge is 2.24. The van der Waals surface area contributed by atoms with E-state index in [1.165, 1.54) is 5.69 Å². The van der Waals surface area contributed by atoms with Crippen LogP contribution in [0.5, 0.6) is 0 Å². The quantitative estimate of drug-likeness (QED) is 0.841. The molecule has 0 saturated carbocycles. The minimum atomic E-state index is 0.442. The maximum Gasteiger partial charge on any atom is 0.125 e. The van der Waals surface area contributed by atoms with Gasteiger partial charge >= 0.3 is 0 Å². The molecule has 1 aromatic heterocycles. The van der Waals surface area contributed by atoms with Crippen LogP contribution in [-0.2, 0) is 0 Å². The Balaban J connectivity index is 2.96. The average molecular weight is 249 g/mol. The summed E-state index contributed by atoms with van der Waals surface area (Å²) in [6.07, 6.45) is 1.16. The monoisotopic (exact) mass is 249 g/mol. The largest absolute Gasteiger partial charge is 0.314 e. The standard InChI is InChI=1S/C15H27N3/c1-7-8-16-12(5)15(10(2)3)14-9-11(4)17-13(6)18-14/h9-10,12,15-16H,7-8H2,1-6H3. The molecule has 1 rings (SSSR count). The molecule has 2 unspecified atom stereocenters. The van der Waals surface area contributed by atoms with Gasteiger partial charge in [-0.3, -0.25) is 0 Å². The van der Waals surface area contributed by atoms with Crippen molar-refractivity contribution in [1.82, 2.24) is 15.3 Å². The Bertz CT molecular complexity index is 354. The van der Waals surface area contributed by atoms with Crippen molar-refractivity contribution in [3.63, 3.8) is 0 Å². The fourth-order valence-corrected chi connectivity index (χ4v) is 2.59. The Morgan fingerprint density at radius 1 is 1.17 bits per heavy atom. The molecule has 2 atom stereocenters. The summed E-state index contributed by atoms with van der Waals surface area (Å²) in [6.45, 7) is 14.1. The van der Waals surface area contributed by atoms with Crippen molar-refractivity contribution in [2.75, 3.05) is 6.54 Å². The highest BCUT2D eigenvalue weighted by atomic mass is 14.9. The molecule has 0 aliphatic heterocycles. The van der Waals surface area contributed by atoms with Crippen LogP contribution in [0.2, 0.25) is 0 Å². The number of rotatable bonds is 6. The first-order valence-electron chi connectivity index (χ1n) is 7.01. The zero-order valence-electron chi connectivity index (χ0n) is 12.6. The molecular formula is C15H27N3. The lowest BCUT2D eigenvalue weighted by Crippen LogP contribution is -2.35. The van der Waals surface area contributed by atoms with Gasteiger partial charge in [0.05, 0.1) is 0 Å². The lowest BCUT2D eigenvalue weighted by atomic mass is 9.86. The normalized spacial score (nSPS) is 14.8. The van der Waals surface area contributed by atoms with Gasteiger partial charge in [-0.2, -0.15) is 0 Å². The molecule has 0 saturated heterocycles. The van der Waals surface area contributed by atoms with Crippen LogP contribution in [0.3, 0.4) is 0 Å². The molecule has 1 aromatic rings. The van der Waals surface area contributed by atoms with E-state index in [0.717, 1.165) is 24.5 Å². The summed E-state index contributed by atoms with van der Waals surface area (Å²) >= 11 is 0. The number of nitrogens with one attached hydrogen (secondary N) is 1. The van der Waals surface area contributed by atoms with Gasteiger partial charge < -0.3 is 5.32 Å². The number of hydrogen-bond donors (Lipinski definition) is 1. The van der Waals surface area contributed by atoms with Crippen molar-refractivity contribution in [3.05, 3.63) is 23.3 Å². The molecule has 0 radical (unpaired) electrons. The van der Waals surface area contributed by atoms with E-state index in [4.69, 9.17) is 0 Å². The van der Waals surface area contributed by atoms with Crippen LogP contribution in [0.25, 0.3) is 0 Å². The average Bonchev–Trinajstić information content (AvgIpc) is 2.24. The molecule has 0 aliphatic carbocycles. The predicted octanol–water partition coefficient (Wildman–Crippen LogP) is 3.22. The van der Waals surface area contributed by atoms with Gasteiger partial charge in [-0.1, -0.05) is 20.8 Å². The maximum absolute atomic E-state index is 4.63. The second-order valence-corrected chi connectivity index (χ2v) is 5.49. The Labute approximate surface area is 111 Å². The van der Waals surface area contributed by atoms with E-state index in [-0.39, 0.29) is 0 Å². The van der Waals surface area contributed by atoms with E-state index < -0.39 is 0 Å². The minimum absolute atomic E-state index is 0.442. The molecule has 3 nitrogen and oxygen atoms in total. The van der Waals surface area contributed by atoms with Crippen LogP contribution in [0, 0.1) is 19.8 Å². The van der Waals surface area contributed by atoms with E-state index in [9.17, 15) is 0 Å². The molecule has 0 aliphatic rings. The molecule has 1 heterocycles. The van der Waals surface area contributed by atoms with E-state index in [0.29, 0.717) is 17.9 Å². The third-order valence-electron chi connectivity index (χ3n) is 3.30. The van der Waals surface area contributed by atoms with Crippen molar-refractivity contribution in [2.45, 2.75) is 59.9 Å². The van der Waals surface area contributed by atoms with E-state index >= 15 is 0 Å². The molecule has 0 amide bonds. The molecule has 0 aromatic carbocycles. The van der Waals surface area contributed by atoms with Gasteiger partial charge in [0.25, 0.3) is 0 Å². The molecule has 0 fully saturated rings. The SMILES string of the molecule is CCCNC(C)C(c1cc(C)nc(C)n1)C(C)C. The predicted molar refractivity (Wildman–Crippen MR) is 76.8 cm³/mol. The van der Waals surface area contributed by atoms with Gasteiger partial charge in [0.1, 0.15) is 5.82 Å². The number of aromatic nitrogens is 2. The first kappa shape index (κ1) is 15.1. The van der Waals surface area contributed by atoms with Crippen LogP contribution in [0.1, 0.15) is 57.2 Å². The summed E-state index contributed by atoms with van der Waals surface area (Å²) in [7, 11) is 0. The summed E-state index contributed by atoms with van der Waals surface area (Å²) in [6, 6.07) is 2.57. The first-order valence-corrected chi connectivity index (χ1v) is 7.01. The van der Waals surface area contributed by atoms with Crippen molar-refractivity contribution in [3.8, 4) is 0 Å². The van der Waals surface area contributed by atoms with Crippen molar-refractivity contribution >= 4 is 0 Å². The third-order valence-corrected chi connectivity index (χ3v) is 3.30. The number of aryl methyl sites for hydroxylation is 2. The zero-order chi connectivity index (χ0) is 13.7. The first-order chi connectivity index (χ1) is 8.45. The van der Waals surface area contributed by atoms with Gasteiger partial charge in [0.15, 0.2) is 0 Å². The number of hydrogen-bond acceptors (Lipinski definition) is 3. The van der Waals surface area contributed by atoms with Crippen molar-refractivity contribution < 1.29 is 0 Å². The molecule has 3 heteroatoms. The topological polar surface area (TPSA) is 37.8 Å². The van der Waals surface area contributed by atoms with Crippen LogP contribution < -0.4 is 5.32 Å². The van der Waals surface area contributed by atoms with Crippen molar-refractivity contribution in [2.24, 2.45) is 5.92 Å². The highest BCUT2D eigenvalue weighted by molar-refractivity contribution is 5.16. The van der Waals surface area contributed by atoms with Crippen LogP contribution in [0.15, 0.2) is 6.07 Å². The smallest absolute Gasteiger partial charge is 0.125 e. The summed E-state index contributed by atoms with van der Waals surface area (Å²) in [4.78, 5) is 9.00. The van der Waals surface area contributed by atoms with Gasteiger partial charge in [-0.15, -0.1) is 0 Å². The molecule has 18 heavy (non-hydrogen) atoms. The summed E-state index contributed by atoms with van der Waals surface area (Å²) in [5.41, 5.74) is 2.23. The molecule has 0 spiro atoms. The molecule has 102 valence electrons. The third kappa shape index (κ3) is 4.05. The Hall–Kier alpha value is -0.960. The maximum atomic E-state index is 4.63. The lowest BCUT2D eigenvalue weighted by molar-refractivity contribution is 0.370. The molecule has 1 N–H and O–H groups in total. The van der Waals surface area contributed by atoms with Crippen LogP contribution >= 0.6 is 0 Å². The zero-order valence-corrected chi connectivity index (χ0v) is 12.6. The minimum Gasteiger partial charge on any atom is -0.314 e. The second kappa shape index (κ2) is 6.83. The van der Waals surface area contributed by atoms with Crippen LogP contribution in [-0.4, -0.2) is 22.6 Å². The number of nitrogens with zero attached hydrogens (tertiary/aromatic N) is 2. The summed E-state index contributed by atoms with van der Waals surface area (Å²) in [5.74, 6) is 1.88. The van der Waals surface area contributed by atoms with Gasteiger partial charge in [-0.25, -0.2) is 9.97 Å². The van der Waals surface area contributed by atoms with Gasteiger partial charge in [-0.05, 0) is 45.7 Å². The van der Waals surface area contributed by atoms with Gasteiger partial charge in [0.2, 0.25) is 0 Å². The Kier molecular flexibility index (Phi) is 5.73. The van der Waals surface area contributed by atoms with Crippen LogP contribution in [0.4, 0.5) is 0 Å². The fourth-order valence-electron chi connectivity index (χ4n) is 2.59. The van der Waals surface area contributed by atoms with Crippen molar-refractivity contribution in [1.29, 1.82) is 0 Å². The molecule has 0 bridgehead atoms. The fraction of sp³-hybridized carbons (Fsp3) is 0.733. The summed E-state index contributed by atoms with van der Waals surface area (Å²) in [5, 5.41) is 3.59. The van der Waals surface area contributed by atoms with Gasteiger partial charge in [0, 0.05) is 23.3 Å². The second-order valence-electron chi connectivity index (χ2n) is 5.49.